The zero-order valence-corrected chi connectivity index (χ0v) is 11.2. The average Bonchev–Trinajstić information content (AvgIpc) is 2.53. The Morgan fingerprint density at radius 1 is 1.35 bits per heavy atom. The zero-order valence-electron chi connectivity index (χ0n) is 11.2. The van der Waals surface area contributed by atoms with Gasteiger partial charge in [0.25, 0.3) is 0 Å². The van der Waals surface area contributed by atoms with E-state index in [0.29, 0.717) is 5.92 Å². The van der Waals surface area contributed by atoms with Crippen LogP contribution in [-0.4, -0.2) is 16.6 Å². The molecule has 0 aliphatic carbocycles. The van der Waals surface area contributed by atoms with Gasteiger partial charge in [0, 0.05) is 6.20 Å². The van der Waals surface area contributed by atoms with E-state index in [1.54, 1.807) is 12.5 Å². The van der Waals surface area contributed by atoms with Crippen molar-refractivity contribution in [1.29, 1.82) is 0 Å². The molecular weight excluding hydrogens is 252 g/mol. The number of hydrogen-bond donors (Lipinski definition) is 2. The third-order valence-corrected chi connectivity index (χ3v) is 3.77. The zero-order chi connectivity index (χ0) is 13.8. The minimum Gasteiger partial charge on any atom is -0.493 e. The van der Waals surface area contributed by atoms with Crippen LogP contribution in [0, 0.1) is 0 Å². The lowest BCUT2D eigenvalue weighted by Crippen LogP contribution is -2.31. The molecule has 2 heterocycles. The standard InChI is InChI=1S/C15H18N4O/c16-19-14(13-5-7-17-10-18-13)9-11-6-8-20-15-4-2-1-3-12(11)15/h1-5,7,10-11,14,19H,6,8-9,16H2. The van der Waals surface area contributed by atoms with Crippen molar-refractivity contribution in [2.45, 2.75) is 24.8 Å². The molecule has 5 nitrogen and oxygen atoms in total. The molecule has 2 aromatic rings. The van der Waals surface area contributed by atoms with Crippen LogP contribution in [0.4, 0.5) is 0 Å². The number of nitrogens with one attached hydrogen (secondary N) is 1. The minimum atomic E-state index is 0.0224. The van der Waals surface area contributed by atoms with Crippen LogP contribution in [0.25, 0.3) is 0 Å². The molecule has 1 aliphatic heterocycles. The number of benzene rings is 1. The minimum absolute atomic E-state index is 0.0224. The molecule has 104 valence electrons. The molecule has 0 fully saturated rings. The third kappa shape index (κ3) is 2.64. The van der Waals surface area contributed by atoms with E-state index in [0.717, 1.165) is 30.9 Å². The largest absolute Gasteiger partial charge is 0.493 e. The van der Waals surface area contributed by atoms with E-state index < -0.39 is 0 Å². The summed E-state index contributed by atoms with van der Waals surface area (Å²) in [5, 5.41) is 0. The summed E-state index contributed by atoms with van der Waals surface area (Å²) in [6, 6.07) is 10.1. The SMILES string of the molecule is NNC(CC1CCOc2ccccc21)c1ccncn1. The maximum absolute atomic E-state index is 5.70. The number of fused-ring (bicyclic) bond motifs is 1. The Labute approximate surface area is 118 Å². The Balaban J connectivity index is 1.81. The van der Waals surface area contributed by atoms with Gasteiger partial charge in [-0.15, -0.1) is 0 Å². The van der Waals surface area contributed by atoms with Crippen LogP contribution < -0.4 is 16.0 Å². The van der Waals surface area contributed by atoms with Crippen LogP contribution in [0.3, 0.4) is 0 Å². The molecule has 3 rings (SSSR count). The van der Waals surface area contributed by atoms with Gasteiger partial charge in [0.05, 0.1) is 18.3 Å². The second kappa shape index (κ2) is 5.98. The van der Waals surface area contributed by atoms with Gasteiger partial charge in [0.2, 0.25) is 0 Å². The number of nitrogens with two attached hydrogens (primary N) is 1. The summed E-state index contributed by atoms with van der Waals surface area (Å²) in [4.78, 5) is 8.23. The molecule has 5 heteroatoms. The molecule has 0 saturated heterocycles. The second-order valence-electron chi connectivity index (χ2n) is 4.96. The van der Waals surface area contributed by atoms with Crippen LogP contribution in [0.5, 0.6) is 5.75 Å². The molecule has 0 amide bonds. The van der Waals surface area contributed by atoms with Crippen LogP contribution in [0.2, 0.25) is 0 Å². The number of ether oxygens (including phenoxy) is 1. The van der Waals surface area contributed by atoms with E-state index >= 15 is 0 Å². The fourth-order valence-electron chi connectivity index (χ4n) is 2.73. The van der Waals surface area contributed by atoms with Crippen molar-refractivity contribution in [3.63, 3.8) is 0 Å². The normalized spacial score (nSPS) is 18.9. The van der Waals surface area contributed by atoms with Crippen molar-refractivity contribution in [3.8, 4) is 5.75 Å². The summed E-state index contributed by atoms with van der Waals surface area (Å²) in [5.41, 5.74) is 5.05. The van der Waals surface area contributed by atoms with Crippen molar-refractivity contribution >= 4 is 0 Å². The third-order valence-electron chi connectivity index (χ3n) is 3.77. The first-order valence-corrected chi connectivity index (χ1v) is 6.82. The van der Waals surface area contributed by atoms with E-state index in [4.69, 9.17) is 10.6 Å². The van der Waals surface area contributed by atoms with E-state index in [-0.39, 0.29) is 6.04 Å². The highest BCUT2D eigenvalue weighted by atomic mass is 16.5. The number of para-hydroxylation sites is 1. The molecular formula is C15H18N4O. The molecule has 20 heavy (non-hydrogen) atoms. The molecule has 0 spiro atoms. The number of aromatic nitrogens is 2. The monoisotopic (exact) mass is 270 g/mol. The van der Waals surface area contributed by atoms with Gasteiger partial charge in [-0.05, 0) is 36.5 Å². The second-order valence-corrected chi connectivity index (χ2v) is 4.96. The van der Waals surface area contributed by atoms with Crippen molar-refractivity contribution in [1.82, 2.24) is 15.4 Å². The molecule has 0 saturated carbocycles. The highest BCUT2D eigenvalue weighted by Gasteiger charge is 2.25. The Morgan fingerprint density at radius 2 is 2.25 bits per heavy atom. The van der Waals surface area contributed by atoms with Gasteiger partial charge in [-0.2, -0.15) is 0 Å². The van der Waals surface area contributed by atoms with Gasteiger partial charge in [0.1, 0.15) is 12.1 Å². The highest BCUT2D eigenvalue weighted by Crippen LogP contribution is 2.38. The molecule has 0 radical (unpaired) electrons. The summed E-state index contributed by atoms with van der Waals surface area (Å²) in [7, 11) is 0. The van der Waals surface area contributed by atoms with E-state index in [1.807, 2.05) is 18.2 Å². The van der Waals surface area contributed by atoms with Gasteiger partial charge >= 0.3 is 0 Å². The molecule has 3 N–H and O–H groups in total. The van der Waals surface area contributed by atoms with Gasteiger partial charge in [-0.1, -0.05) is 18.2 Å². The maximum atomic E-state index is 5.70. The van der Waals surface area contributed by atoms with Gasteiger partial charge in [-0.3, -0.25) is 11.3 Å². The molecule has 2 atom stereocenters. The number of hydrazine groups is 1. The molecule has 1 aromatic heterocycles. The average molecular weight is 270 g/mol. The number of hydrogen-bond acceptors (Lipinski definition) is 5. The predicted octanol–water partition coefficient (Wildman–Crippen LogP) is 1.94. The van der Waals surface area contributed by atoms with Crippen LogP contribution in [0.15, 0.2) is 42.9 Å². The van der Waals surface area contributed by atoms with Crippen molar-refractivity contribution in [2.75, 3.05) is 6.61 Å². The summed E-state index contributed by atoms with van der Waals surface area (Å²) >= 11 is 0. The lowest BCUT2D eigenvalue weighted by Gasteiger charge is -2.28. The van der Waals surface area contributed by atoms with Crippen LogP contribution in [-0.2, 0) is 0 Å². The van der Waals surface area contributed by atoms with Crippen molar-refractivity contribution in [2.24, 2.45) is 5.84 Å². The molecule has 2 unspecified atom stereocenters. The molecule has 0 bridgehead atoms. The molecule has 1 aromatic carbocycles. The number of nitrogens with zero attached hydrogens (tertiary/aromatic N) is 2. The van der Waals surface area contributed by atoms with E-state index in [1.165, 1.54) is 5.56 Å². The van der Waals surface area contributed by atoms with Crippen LogP contribution >= 0.6 is 0 Å². The Morgan fingerprint density at radius 3 is 3.05 bits per heavy atom. The van der Waals surface area contributed by atoms with Crippen molar-refractivity contribution < 1.29 is 4.74 Å². The van der Waals surface area contributed by atoms with Gasteiger partial charge in [-0.25, -0.2) is 9.97 Å². The highest BCUT2D eigenvalue weighted by molar-refractivity contribution is 5.38. The lowest BCUT2D eigenvalue weighted by atomic mass is 9.87. The Hall–Kier alpha value is -1.98. The fourth-order valence-corrected chi connectivity index (χ4v) is 2.73. The number of rotatable bonds is 4. The molecule has 1 aliphatic rings. The topological polar surface area (TPSA) is 73.1 Å². The Kier molecular flexibility index (Phi) is 3.90. The van der Waals surface area contributed by atoms with Crippen molar-refractivity contribution in [3.05, 3.63) is 54.1 Å². The summed E-state index contributed by atoms with van der Waals surface area (Å²) < 4.78 is 5.70. The summed E-state index contributed by atoms with van der Waals surface area (Å²) in [6.07, 6.45) is 5.19. The van der Waals surface area contributed by atoms with E-state index in [9.17, 15) is 0 Å². The summed E-state index contributed by atoms with van der Waals surface area (Å²) in [5.74, 6) is 7.12. The smallest absolute Gasteiger partial charge is 0.122 e. The van der Waals surface area contributed by atoms with E-state index in [2.05, 4.69) is 27.5 Å². The quantitative estimate of drug-likeness (QED) is 0.656. The fraction of sp³-hybridized carbons (Fsp3) is 0.333. The van der Waals surface area contributed by atoms with Crippen LogP contribution in [0.1, 0.15) is 36.1 Å². The first kappa shape index (κ1) is 13.0. The first-order valence-electron chi connectivity index (χ1n) is 6.82. The first-order chi connectivity index (χ1) is 9.88. The summed E-state index contributed by atoms with van der Waals surface area (Å²) in [6.45, 7) is 0.753. The van der Waals surface area contributed by atoms with Gasteiger partial charge in [0.15, 0.2) is 0 Å². The van der Waals surface area contributed by atoms with Gasteiger partial charge < -0.3 is 4.74 Å². The lowest BCUT2D eigenvalue weighted by molar-refractivity contribution is 0.254. The predicted molar refractivity (Wildman–Crippen MR) is 76.0 cm³/mol. The Bertz CT molecular complexity index is 561. The maximum Gasteiger partial charge on any atom is 0.122 e.